The largest absolute Gasteiger partial charge is 0.403 e. The highest BCUT2D eigenvalue weighted by Gasteiger charge is 2.13. The molecule has 3 nitrogen and oxygen atoms in total. The molecular formula is C40H64N3PS. The molecule has 3 N–H and O–H groups in total. The van der Waals surface area contributed by atoms with Crippen molar-refractivity contribution >= 4 is 32.3 Å². The van der Waals surface area contributed by atoms with Crippen LogP contribution < -0.4 is 11.1 Å². The third-order valence-electron chi connectivity index (χ3n) is 6.32. The van der Waals surface area contributed by atoms with Crippen LogP contribution in [0.3, 0.4) is 0 Å². The van der Waals surface area contributed by atoms with Gasteiger partial charge in [0.25, 0.3) is 0 Å². The van der Waals surface area contributed by atoms with Crippen LogP contribution in [0.2, 0.25) is 0 Å². The van der Waals surface area contributed by atoms with Crippen LogP contribution in [0.25, 0.3) is 11.3 Å². The highest BCUT2D eigenvalue weighted by molar-refractivity contribution is 8.02. The molecule has 0 amide bonds. The van der Waals surface area contributed by atoms with Crippen LogP contribution >= 0.6 is 21.0 Å². The summed E-state index contributed by atoms with van der Waals surface area (Å²) in [4.78, 5) is 2.50. The van der Waals surface area contributed by atoms with E-state index in [4.69, 9.17) is 5.73 Å². The highest BCUT2D eigenvalue weighted by atomic mass is 32.2. The molecule has 0 fully saturated rings. The number of unbranched alkanes of at least 4 members (excludes halogenated alkanes) is 1. The number of rotatable bonds is 14. The van der Waals surface area contributed by atoms with Crippen LogP contribution in [0.5, 0.6) is 0 Å². The van der Waals surface area contributed by atoms with Gasteiger partial charge in [-0.2, -0.15) is 0 Å². The molecule has 2 aromatic rings. The summed E-state index contributed by atoms with van der Waals surface area (Å²) in [6, 6.07) is 15.5. The van der Waals surface area contributed by atoms with E-state index in [9.17, 15) is 0 Å². The molecule has 2 aromatic carbocycles. The lowest BCUT2D eigenvalue weighted by Crippen LogP contribution is -2.29. The van der Waals surface area contributed by atoms with Crippen LogP contribution in [0.1, 0.15) is 96.0 Å². The van der Waals surface area contributed by atoms with E-state index in [0.29, 0.717) is 11.1 Å². The van der Waals surface area contributed by atoms with Gasteiger partial charge in [0.15, 0.2) is 0 Å². The fourth-order valence-electron chi connectivity index (χ4n) is 4.04. The fraction of sp³-hybridized carbons (Fsp3) is 0.400. The fourth-order valence-corrected chi connectivity index (χ4v) is 5.24. The molecule has 0 aliphatic carbocycles. The molecule has 5 heteroatoms. The maximum atomic E-state index is 4.92. The van der Waals surface area contributed by atoms with Gasteiger partial charge in [-0.15, -0.1) is 21.0 Å². The van der Waals surface area contributed by atoms with Gasteiger partial charge >= 0.3 is 0 Å². The van der Waals surface area contributed by atoms with E-state index in [0.717, 1.165) is 37.3 Å². The van der Waals surface area contributed by atoms with Gasteiger partial charge in [-0.05, 0) is 98.8 Å². The van der Waals surface area contributed by atoms with Gasteiger partial charge < -0.3 is 11.1 Å². The molecule has 0 saturated heterocycles. The summed E-state index contributed by atoms with van der Waals surface area (Å²) in [6.45, 7) is 35.0. The van der Waals surface area contributed by atoms with E-state index in [2.05, 4.69) is 148 Å². The summed E-state index contributed by atoms with van der Waals surface area (Å²) in [7, 11) is 2.65. The van der Waals surface area contributed by atoms with Crippen LogP contribution in [0.15, 0.2) is 103 Å². The van der Waals surface area contributed by atoms with Gasteiger partial charge in [-0.3, -0.25) is 4.90 Å². The van der Waals surface area contributed by atoms with E-state index < -0.39 is 0 Å². The van der Waals surface area contributed by atoms with Gasteiger partial charge in [0.2, 0.25) is 0 Å². The number of hydrogen-bond acceptors (Lipinski definition) is 4. The number of nitrogens with zero attached hydrogens (tertiary/aromatic N) is 1. The molecule has 0 saturated carbocycles. The lowest BCUT2D eigenvalue weighted by atomic mass is 10.0. The molecule has 250 valence electrons. The van der Waals surface area contributed by atoms with Crippen molar-refractivity contribution in [1.82, 2.24) is 10.2 Å². The van der Waals surface area contributed by atoms with Gasteiger partial charge in [-0.25, -0.2) is 0 Å². The summed E-state index contributed by atoms with van der Waals surface area (Å²) >= 11 is 1.90. The Morgan fingerprint density at radius 1 is 1.04 bits per heavy atom. The molecule has 0 radical (unpaired) electrons. The molecular weight excluding hydrogens is 586 g/mol. The average molecular weight is 650 g/mol. The second-order valence-electron chi connectivity index (χ2n) is 10.6. The monoisotopic (exact) mass is 649 g/mol. The minimum absolute atomic E-state index is 0.414. The standard InChI is InChI=1S/C26H36N2S.C9H15P.C3H7N.C2H6/c1-8-27-22(6)25-13-11-24(12-14-25)17-28(9-2)23(7)29-18-21(5)26-15-10-19(3)16-20(26)4;1-3-5-6-8-9(10)7-4-2;1-3(2)4;1-2/h10-16,18,23,27H,6,8-9,17H2,1-5,7H3;4,6-8H,2-3,5,10H2,1H3;1,4H2,2H3;1-2H3/b21-18+;8-6-,9-7+;;. The molecule has 45 heavy (non-hydrogen) atoms. The van der Waals surface area contributed by atoms with Crippen molar-refractivity contribution in [3.8, 4) is 0 Å². The highest BCUT2D eigenvalue weighted by Crippen LogP contribution is 2.26. The second-order valence-corrected chi connectivity index (χ2v) is 12.4. The van der Waals surface area contributed by atoms with Crippen molar-refractivity contribution in [1.29, 1.82) is 0 Å². The molecule has 0 aliphatic rings. The normalized spacial score (nSPS) is 11.7. The zero-order valence-electron chi connectivity index (χ0n) is 30.2. The minimum Gasteiger partial charge on any atom is -0.403 e. The molecule has 0 aliphatic heterocycles. The van der Waals surface area contributed by atoms with Gasteiger partial charge in [0.1, 0.15) is 0 Å². The van der Waals surface area contributed by atoms with Crippen molar-refractivity contribution in [2.45, 2.75) is 94.0 Å². The van der Waals surface area contributed by atoms with Crippen molar-refractivity contribution in [2.75, 3.05) is 13.1 Å². The molecule has 0 bridgehead atoms. The Kier molecular flexibility index (Phi) is 27.1. The van der Waals surface area contributed by atoms with E-state index in [1.54, 1.807) is 13.0 Å². The van der Waals surface area contributed by atoms with Crippen molar-refractivity contribution in [2.24, 2.45) is 5.73 Å². The van der Waals surface area contributed by atoms with Crippen molar-refractivity contribution in [3.63, 3.8) is 0 Å². The zero-order valence-corrected chi connectivity index (χ0v) is 32.1. The Balaban J connectivity index is 0. The SMILES string of the molecule is C=C(C)N.C=C(NCC)c1ccc(CN(CC)C(C)S/C=C(\C)c2ccc(C)cc2C)cc1.C=C/C=C(P)\C=C/CCC.CC. The number of thioether (sulfide) groups is 1. The van der Waals surface area contributed by atoms with E-state index in [1.807, 2.05) is 31.7 Å². The Morgan fingerprint density at radius 3 is 2.13 bits per heavy atom. The van der Waals surface area contributed by atoms with Crippen LogP contribution in [-0.2, 0) is 6.54 Å². The number of benzene rings is 2. The van der Waals surface area contributed by atoms with Gasteiger partial charge in [0.05, 0.1) is 5.37 Å². The maximum Gasteiger partial charge on any atom is 0.0573 e. The number of aryl methyl sites for hydroxylation is 2. The van der Waals surface area contributed by atoms with Gasteiger partial charge in [-0.1, -0.05) is 126 Å². The smallest absolute Gasteiger partial charge is 0.0573 e. The first-order valence-electron chi connectivity index (χ1n) is 16.2. The van der Waals surface area contributed by atoms with Crippen LogP contribution in [0, 0.1) is 13.8 Å². The first-order chi connectivity index (χ1) is 21.4. The molecule has 0 spiro atoms. The molecule has 0 heterocycles. The van der Waals surface area contributed by atoms with Crippen molar-refractivity contribution in [3.05, 3.63) is 131 Å². The lowest BCUT2D eigenvalue weighted by Gasteiger charge is -2.27. The number of nitrogens with one attached hydrogen (secondary N) is 1. The lowest BCUT2D eigenvalue weighted by molar-refractivity contribution is 0.273. The molecule has 2 rings (SSSR count). The minimum atomic E-state index is 0.414. The third kappa shape index (κ3) is 21.6. The average Bonchev–Trinajstić information content (AvgIpc) is 3.00. The molecule has 2 atom stereocenters. The number of allylic oxidation sites excluding steroid dienone is 7. The number of hydrogen-bond donors (Lipinski definition) is 2. The summed E-state index contributed by atoms with van der Waals surface area (Å²) in [6.07, 6.45) is 10.4. The Morgan fingerprint density at radius 2 is 1.64 bits per heavy atom. The quantitative estimate of drug-likeness (QED) is 0.121. The number of nitrogens with two attached hydrogens (primary N) is 1. The van der Waals surface area contributed by atoms with E-state index in [1.165, 1.54) is 39.6 Å². The second kappa shape index (κ2) is 27.5. The summed E-state index contributed by atoms with van der Waals surface area (Å²) < 4.78 is 0. The van der Waals surface area contributed by atoms with Crippen LogP contribution in [0.4, 0.5) is 0 Å². The molecule has 0 aromatic heterocycles. The first-order valence-corrected chi connectivity index (χ1v) is 17.7. The van der Waals surface area contributed by atoms with Crippen molar-refractivity contribution < 1.29 is 0 Å². The zero-order chi connectivity index (χ0) is 34.8. The maximum absolute atomic E-state index is 4.92. The predicted molar refractivity (Wildman–Crippen MR) is 214 cm³/mol. The summed E-state index contributed by atoms with van der Waals surface area (Å²) in [5.74, 6) is 0. The van der Waals surface area contributed by atoms with E-state index >= 15 is 0 Å². The van der Waals surface area contributed by atoms with Gasteiger partial charge in [0, 0.05) is 18.8 Å². The Hall–Kier alpha value is -2.78. The molecule has 2 unspecified atom stereocenters. The third-order valence-corrected chi connectivity index (χ3v) is 7.89. The van der Waals surface area contributed by atoms with Crippen LogP contribution in [-0.4, -0.2) is 23.4 Å². The Labute approximate surface area is 285 Å². The topological polar surface area (TPSA) is 41.3 Å². The first kappa shape index (κ1) is 44.3. The predicted octanol–water partition coefficient (Wildman–Crippen LogP) is 11.6. The summed E-state index contributed by atoms with van der Waals surface area (Å²) in [5.41, 5.74) is 14.4. The summed E-state index contributed by atoms with van der Waals surface area (Å²) in [5, 5.41) is 7.20. The Bertz CT molecular complexity index is 1200. The van der Waals surface area contributed by atoms with E-state index in [-0.39, 0.29) is 0 Å².